The summed E-state index contributed by atoms with van der Waals surface area (Å²) in [7, 11) is 0. The van der Waals surface area contributed by atoms with Gasteiger partial charge in [0.1, 0.15) is 0 Å². The summed E-state index contributed by atoms with van der Waals surface area (Å²) in [4.78, 5) is 0. The Morgan fingerprint density at radius 2 is 1.04 bits per heavy atom. The smallest absolute Gasteiger partial charge is 0 e. The van der Waals surface area contributed by atoms with Crippen LogP contribution in [0.15, 0.2) is 46.6 Å². The normalized spacial score (nSPS) is 11.5. The number of hydrogen-bond donors (Lipinski definition) is 0. The Balaban J connectivity index is -0.000000362. The average molecular weight is 997 g/mol. The molecule has 1 radical (unpaired) electrons. The Morgan fingerprint density at radius 1 is 0.731 bits per heavy atom. The molecule has 0 bridgehead atoms. The summed E-state index contributed by atoms with van der Waals surface area (Å²) in [6.07, 6.45) is 16.1. The second kappa shape index (κ2) is 30.8. The third-order valence-electron chi connectivity index (χ3n) is 3.50. The summed E-state index contributed by atoms with van der Waals surface area (Å²) in [6.45, 7) is 14.8. The van der Waals surface area contributed by atoms with Gasteiger partial charge in [0.2, 0.25) is 0 Å². The first kappa shape index (κ1) is 36.9. The van der Waals surface area contributed by atoms with Crippen LogP contribution in [0.25, 0.3) is 0 Å². The molecule has 0 aromatic rings. The first-order chi connectivity index (χ1) is 11.9. The standard InChI is InChI=1S/C20H33.I3.I2.Y/c1-7-18(4)12-9-14-20(6)16-10-15-19(5)13-8-11-17(2)3;1-3-2;1-2;/h7,11,14-15H,1,8-10,12-13,16H2,2-6H3;;;/q2*-1;;/b18-7-,19-15+,20-14+;;;. The van der Waals surface area contributed by atoms with Crippen LogP contribution in [0.2, 0.25) is 0 Å². The van der Waals surface area contributed by atoms with Crippen molar-refractivity contribution in [3.8, 4) is 0 Å². The van der Waals surface area contributed by atoms with Gasteiger partial charge in [-0.05, 0) is 59.8 Å². The van der Waals surface area contributed by atoms with E-state index in [9.17, 15) is 0 Å². The maximum atomic E-state index is 3.79. The molecule has 26 heavy (non-hydrogen) atoms. The largest absolute Gasteiger partial charge is 0.245 e. The zero-order valence-corrected chi connectivity index (χ0v) is 30.4. The van der Waals surface area contributed by atoms with Crippen molar-refractivity contribution in [3.63, 3.8) is 0 Å². The third kappa shape index (κ3) is 35.0. The fraction of sp³-hybridized carbons (Fsp3) is 0.550. The number of hydrogen-bond acceptors (Lipinski definition) is 0. The molecular formula is C20H33I5Y-2. The molecular weight excluding hydrogens is 964 g/mol. The third-order valence-corrected chi connectivity index (χ3v) is 3.50. The van der Waals surface area contributed by atoms with Gasteiger partial charge in [-0.3, -0.25) is 0 Å². The van der Waals surface area contributed by atoms with Crippen LogP contribution in [0.4, 0.5) is 0 Å². The fourth-order valence-corrected chi connectivity index (χ4v) is 1.99. The summed E-state index contributed by atoms with van der Waals surface area (Å²) >= 11 is 9.54. The number of allylic oxidation sites excluding steroid dienone is 8. The molecule has 0 rings (SSSR count). The van der Waals surface area contributed by atoms with Gasteiger partial charge in [-0.25, -0.2) is 18.6 Å². The van der Waals surface area contributed by atoms with Gasteiger partial charge in [0, 0.05) is 69.9 Å². The van der Waals surface area contributed by atoms with E-state index in [-0.39, 0.29) is 32.7 Å². The molecule has 0 saturated carbocycles. The van der Waals surface area contributed by atoms with E-state index in [4.69, 9.17) is 0 Å². The molecule has 0 nitrogen and oxygen atoms in total. The molecule has 153 valence electrons. The van der Waals surface area contributed by atoms with Crippen molar-refractivity contribution in [3.05, 3.63) is 53.5 Å². The maximum Gasteiger partial charge on any atom is 0 e. The Bertz CT molecular complexity index is 408. The van der Waals surface area contributed by atoms with Crippen LogP contribution in [0, 0.1) is 6.92 Å². The Hall–Kier alpha value is 3.58. The minimum absolute atomic E-state index is 0. The van der Waals surface area contributed by atoms with Crippen LogP contribution >= 0.6 is 74.5 Å². The van der Waals surface area contributed by atoms with Crippen molar-refractivity contribution in [1.82, 2.24) is 0 Å². The monoisotopic (exact) mass is 997 g/mol. The van der Waals surface area contributed by atoms with Crippen molar-refractivity contribution in [2.45, 2.75) is 73.1 Å². The van der Waals surface area contributed by atoms with Gasteiger partial charge in [0.15, 0.2) is 0 Å². The van der Waals surface area contributed by atoms with Crippen LogP contribution in [0.1, 0.15) is 73.1 Å². The first-order valence-corrected chi connectivity index (χ1v) is 27.1. The molecule has 0 aromatic heterocycles. The minimum Gasteiger partial charge on any atom is -0.245 e. The van der Waals surface area contributed by atoms with Crippen molar-refractivity contribution in [1.29, 1.82) is 0 Å². The van der Waals surface area contributed by atoms with E-state index >= 15 is 0 Å². The summed E-state index contributed by atoms with van der Waals surface area (Å²) in [5, 5.41) is 0. The van der Waals surface area contributed by atoms with E-state index in [2.05, 4.69) is 134 Å². The molecule has 0 aromatic carbocycles. The van der Waals surface area contributed by atoms with Crippen molar-refractivity contribution in [2.75, 3.05) is 0 Å². The van der Waals surface area contributed by atoms with Crippen LogP contribution < -0.4 is 13.3 Å². The predicted molar refractivity (Wildman–Crippen MR) is 150 cm³/mol. The maximum absolute atomic E-state index is 3.79. The topological polar surface area (TPSA) is 0 Å². The summed E-state index contributed by atoms with van der Waals surface area (Å²) < 4.78 is 0. The molecule has 0 amide bonds. The molecule has 0 fully saturated rings. The molecule has 0 N–H and O–H groups in total. The van der Waals surface area contributed by atoms with Crippen LogP contribution in [-0.2, 0) is 32.7 Å². The molecule has 0 atom stereocenters. The Labute approximate surface area is 242 Å². The van der Waals surface area contributed by atoms with Gasteiger partial charge in [-0.2, -0.15) is 0 Å². The summed E-state index contributed by atoms with van der Waals surface area (Å²) in [5.74, 6) is 0. The van der Waals surface area contributed by atoms with Gasteiger partial charge in [-0.1, -0.05) is 41.4 Å². The van der Waals surface area contributed by atoms with Crippen molar-refractivity contribution < 1.29 is 46.0 Å². The zero-order valence-electron chi connectivity index (χ0n) is 16.7. The Morgan fingerprint density at radius 3 is 1.35 bits per heavy atom. The summed E-state index contributed by atoms with van der Waals surface area (Å²) in [5.41, 5.74) is 5.83. The van der Waals surface area contributed by atoms with E-state index < -0.39 is 0 Å². The second-order valence-corrected chi connectivity index (χ2v) is 22.3. The molecule has 0 unspecified atom stereocenters. The number of rotatable bonds is 9. The molecule has 0 spiro atoms. The molecule has 6 heteroatoms. The van der Waals surface area contributed by atoms with Gasteiger partial charge in [0.25, 0.3) is 0 Å². The molecule has 0 aliphatic heterocycles. The molecule has 0 aliphatic rings. The fourth-order valence-electron chi connectivity index (χ4n) is 1.99. The van der Waals surface area contributed by atoms with Gasteiger partial charge in [-0.15, -0.1) is 6.92 Å². The summed E-state index contributed by atoms with van der Waals surface area (Å²) in [6, 6.07) is 0. The van der Waals surface area contributed by atoms with Gasteiger partial charge < -0.3 is 0 Å². The molecule has 0 saturated heterocycles. The second-order valence-electron chi connectivity index (χ2n) is 6.10. The van der Waals surface area contributed by atoms with Crippen LogP contribution in [0.5, 0.6) is 0 Å². The zero-order chi connectivity index (χ0) is 20.1. The number of halogens is 5. The van der Waals surface area contributed by atoms with E-state index in [0.717, 1.165) is 12.8 Å². The van der Waals surface area contributed by atoms with E-state index in [1.807, 2.05) is 6.08 Å². The minimum atomic E-state index is 0. The van der Waals surface area contributed by atoms with Crippen molar-refractivity contribution in [2.24, 2.45) is 0 Å². The van der Waals surface area contributed by atoms with Gasteiger partial charge in [0.05, 0.1) is 0 Å². The predicted octanol–water partition coefficient (Wildman–Crippen LogP) is 7.51. The van der Waals surface area contributed by atoms with Crippen LogP contribution in [-0.4, -0.2) is 0 Å². The van der Waals surface area contributed by atoms with Crippen LogP contribution in [0.3, 0.4) is 0 Å². The van der Waals surface area contributed by atoms with Crippen molar-refractivity contribution >= 4 is 74.5 Å². The SMILES string of the molecule is II.I[I-]I.[CH2-]/C=C(/C)CC/C=C(\C)CC/C=C(\C)CCC=C(C)C.[Y]. The molecule has 0 aliphatic carbocycles. The van der Waals surface area contributed by atoms with E-state index in [1.165, 1.54) is 48.0 Å². The van der Waals surface area contributed by atoms with Gasteiger partial charge >= 0.3 is 50.5 Å². The van der Waals surface area contributed by atoms with E-state index in [0.29, 0.717) is 13.3 Å². The Kier molecular flexibility index (Phi) is 43.7. The van der Waals surface area contributed by atoms with E-state index in [1.54, 1.807) is 0 Å². The quantitative estimate of drug-likeness (QED) is 0.128. The molecule has 0 heterocycles. The average Bonchev–Trinajstić information content (AvgIpc) is 2.57. The first-order valence-electron chi connectivity index (χ1n) is 8.28.